The number of imidazole rings is 1. The zero-order valence-electron chi connectivity index (χ0n) is 8.40. The molecule has 1 unspecified atom stereocenters. The maximum absolute atomic E-state index is 11.5. The quantitative estimate of drug-likeness (QED) is 0.792. The molecular weight excluding hydrogens is 278 g/mol. The molecule has 1 atom stereocenters. The maximum atomic E-state index is 11.5. The fourth-order valence-corrected chi connectivity index (χ4v) is 2.63. The van der Waals surface area contributed by atoms with Crippen LogP contribution in [0.1, 0.15) is 12.6 Å². The molecule has 0 aliphatic carbocycles. The summed E-state index contributed by atoms with van der Waals surface area (Å²) in [5, 5.41) is 0.528. The molecule has 0 spiro atoms. The fourth-order valence-electron chi connectivity index (χ4n) is 1.49. The third-order valence-corrected chi connectivity index (χ3v) is 3.55. The third-order valence-electron chi connectivity index (χ3n) is 2.16. The van der Waals surface area contributed by atoms with Crippen molar-refractivity contribution < 1.29 is 4.21 Å². The molecule has 2 aromatic heterocycles. The summed E-state index contributed by atoms with van der Waals surface area (Å²) in [7, 11) is -1.11. The van der Waals surface area contributed by atoms with Crippen LogP contribution in [0.4, 0.5) is 0 Å². The van der Waals surface area contributed by atoms with E-state index in [1.165, 1.54) is 0 Å². The largest absolute Gasteiger partial charge is 0.275 e. The van der Waals surface area contributed by atoms with E-state index in [9.17, 15) is 4.21 Å². The molecule has 0 saturated carbocycles. The van der Waals surface area contributed by atoms with Crippen molar-refractivity contribution in [1.82, 2.24) is 14.4 Å². The molecule has 2 rings (SSSR count). The van der Waals surface area contributed by atoms with Crippen LogP contribution < -0.4 is 0 Å². The van der Waals surface area contributed by atoms with Crippen molar-refractivity contribution in [3.63, 3.8) is 0 Å². The second kappa shape index (κ2) is 4.02. The van der Waals surface area contributed by atoms with Gasteiger partial charge in [-0.3, -0.25) is 8.61 Å². The molecule has 0 bridgehead atoms. The number of aromatic nitrogens is 3. The van der Waals surface area contributed by atoms with Gasteiger partial charge in [-0.25, -0.2) is 9.97 Å². The summed E-state index contributed by atoms with van der Waals surface area (Å²) in [4.78, 5) is 8.41. The molecule has 80 valence electrons. The summed E-state index contributed by atoms with van der Waals surface area (Å²) in [6, 6.07) is 0. The van der Waals surface area contributed by atoms with Crippen LogP contribution >= 0.6 is 15.9 Å². The predicted octanol–water partition coefficient (Wildman–Crippen LogP) is 1.79. The summed E-state index contributed by atoms with van der Waals surface area (Å²) in [5.74, 6) is 0. The van der Waals surface area contributed by atoms with Crippen molar-refractivity contribution in [3.05, 3.63) is 22.7 Å². The van der Waals surface area contributed by atoms with Crippen LogP contribution in [0.3, 0.4) is 0 Å². The number of rotatable bonds is 2. The number of halogens is 1. The lowest BCUT2D eigenvalue weighted by Crippen LogP contribution is -2.01. The molecule has 4 nitrogen and oxygen atoms in total. The second-order valence-electron chi connectivity index (χ2n) is 3.11. The van der Waals surface area contributed by atoms with Gasteiger partial charge in [-0.2, -0.15) is 0 Å². The minimum absolute atomic E-state index is 0.528. The Labute approximate surface area is 98.3 Å². The number of hydrogen-bond acceptors (Lipinski definition) is 3. The van der Waals surface area contributed by atoms with Crippen LogP contribution in [0.5, 0.6) is 0 Å². The highest BCUT2D eigenvalue weighted by Gasteiger charge is 2.12. The lowest BCUT2D eigenvalue weighted by molar-refractivity contribution is 0.676. The Kier molecular flexibility index (Phi) is 2.88. The Morgan fingerprint density at radius 3 is 2.87 bits per heavy atom. The number of fused-ring (bicyclic) bond motifs is 1. The average Bonchev–Trinajstić information content (AvgIpc) is 2.62. The molecule has 2 aromatic rings. The van der Waals surface area contributed by atoms with E-state index in [-0.39, 0.29) is 0 Å². The lowest BCUT2D eigenvalue weighted by Gasteiger charge is -2.03. The van der Waals surface area contributed by atoms with Crippen molar-refractivity contribution in [2.24, 2.45) is 0 Å². The van der Waals surface area contributed by atoms with Crippen LogP contribution in [0.25, 0.3) is 5.52 Å². The van der Waals surface area contributed by atoms with E-state index in [0.29, 0.717) is 5.16 Å². The van der Waals surface area contributed by atoms with Gasteiger partial charge >= 0.3 is 0 Å². The molecule has 0 amide bonds. The van der Waals surface area contributed by atoms with Crippen molar-refractivity contribution in [1.29, 1.82) is 0 Å². The van der Waals surface area contributed by atoms with E-state index in [1.807, 2.05) is 6.92 Å². The fraction of sp³-hybridized carbons (Fsp3) is 0.333. The van der Waals surface area contributed by atoms with Crippen LogP contribution in [-0.2, 0) is 17.2 Å². The molecule has 0 N–H and O–H groups in total. The van der Waals surface area contributed by atoms with Crippen LogP contribution in [0.15, 0.2) is 22.2 Å². The first-order valence-corrected chi connectivity index (χ1v) is 6.84. The van der Waals surface area contributed by atoms with Gasteiger partial charge in [0.1, 0.15) is 6.33 Å². The molecule has 0 aromatic carbocycles. The van der Waals surface area contributed by atoms with Gasteiger partial charge in [0.05, 0.1) is 26.5 Å². The van der Waals surface area contributed by atoms with Crippen LogP contribution in [-0.4, -0.2) is 24.8 Å². The molecule has 2 heterocycles. The van der Waals surface area contributed by atoms with E-state index in [1.54, 1.807) is 23.2 Å². The summed E-state index contributed by atoms with van der Waals surface area (Å²) < 4.78 is 14.1. The normalized spacial score (nSPS) is 13.3. The van der Waals surface area contributed by atoms with Crippen LogP contribution in [0, 0.1) is 0 Å². The summed E-state index contributed by atoms with van der Waals surface area (Å²) >= 11 is 3.43. The van der Waals surface area contributed by atoms with Gasteiger partial charge in [0, 0.05) is 12.5 Å². The molecule has 0 radical (unpaired) electrons. The first kappa shape index (κ1) is 10.8. The van der Waals surface area contributed by atoms with Gasteiger partial charge in [0.15, 0.2) is 0 Å². The number of aryl methyl sites for hydroxylation is 1. The predicted molar refractivity (Wildman–Crippen MR) is 62.4 cm³/mol. The van der Waals surface area contributed by atoms with Gasteiger partial charge in [0.25, 0.3) is 0 Å². The molecular formula is C9H10BrN3OS. The molecule has 0 saturated heterocycles. The molecule has 6 heteroatoms. The Morgan fingerprint density at radius 2 is 2.27 bits per heavy atom. The van der Waals surface area contributed by atoms with E-state index in [4.69, 9.17) is 0 Å². The highest BCUT2D eigenvalue weighted by Crippen LogP contribution is 2.22. The van der Waals surface area contributed by atoms with E-state index < -0.39 is 10.8 Å². The van der Waals surface area contributed by atoms with Gasteiger partial charge in [-0.15, -0.1) is 0 Å². The number of hydrogen-bond donors (Lipinski definition) is 0. The minimum Gasteiger partial charge on any atom is -0.275 e. The SMILES string of the molecule is CCc1ncn2c(S(C)=O)ncc(Br)c12. The zero-order chi connectivity index (χ0) is 11.0. The molecule has 15 heavy (non-hydrogen) atoms. The summed E-state index contributed by atoms with van der Waals surface area (Å²) in [6.45, 7) is 2.04. The van der Waals surface area contributed by atoms with Crippen molar-refractivity contribution in [3.8, 4) is 0 Å². The van der Waals surface area contributed by atoms with E-state index in [0.717, 1.165) is 22.1 Å². The highest BCUT2D eigenvalue weighted by atomic mass is 79.9. The Morgan fingerprint density at radius 1 is 1.53 bits per heavy atom. The summed E-state index contributed by atoms with van der Waals surface area (Å²) in [6.07, 6.45) is 5.80. The third kappa shape index (κ3) is 1.72. The summed E-state index contributed by atoms with van der Waals surface area (Å²) in [5.41, 5.74) is 1.94. The van der Waals surface area contributed by atoms with Crippen molar-refractivity contribution in [2.75, 3.05) is 6.26 Å². The van der Waals surface area contributed by atoms with E-state index in [2.05, 4.69) is 25.9 Å². The Balaban J connectivity index is 2.84. The first-order chi connectivity index (χ1) is 7.15. The van der Waals surface area contributed by atoms with E-state index >= 15 is 0 Å². The topological polar surface area (TPSA) is 47.3 Å². The Bertz CT molecular complexity index is 537. The average molecular weight is 288 g/mol. The zero-order valence-corrected chi connectivity index (χ0v) is 10.8. The standard InChI is InChI=1S/C9H10BrN3OS/c1-3-7-8-6(10)4-11-9(15(2)14)13(8)5-12-7/h4-5H,3H2,1-2H3. The molecule has 0 aliphatic rings. The van der Waals surface area contributed by atoms with Crippen LogP contribution in [0.2, 0.25) is 0 Å². The van der Waals surface area contributed by atoms with Crippen molar-refractivity contribution >= 4 is 32.2 Å². The van der Waals surface area contributed by atoms with Gasteiger partial charge < -0.3 is 0 Å². The minimum atomic E-state index is -1.11. The second-order valence-corrected chi connectivity index (χ2v) is 5.23. The van der Waals surface area contributed by atoms with Crippen molar-refractivity contribution in [2.45, 2.75) is 18.5 Å². The molecule has 0 fully saturated rings. The molecule has 0 aliphatic heterocycles. The monoisotopic (exact) mass is 287 g/mol. The van der Waals surface area contributed by atoms with Gasteiger partial charge in [0.2, 0.25) is 5.16 Å². The van der Waals surface area contributed by atoms with Gasteiger partial charge in [-0.1, -0.05) is 6.92 Å². The van der Waals surface area contributed by atoms with Gasteiger partial charge in [-0.05, 0) is 22.4 Å². The smallest absolute Gasteiger partial charge is 0.204 e. The lowest BCUT2D eigenvalue weighted by atomic mass is 10.3. The number of nitrogens with zero attached hydrogens (tertiary/aromatic N) is 3. The first-order valence-electron chi connectivity index (χ1n) is 4.49. The highest BCUT2D eigenvalue weighted by molar-refractivity contribution is 9.10. The maximum Gasteiger partial charge on any atom is 0.204 e. The Hall–Kier alpha value is -0.750.